The first-order valence-electron chi connectivity index (χ1n) is 6.23. The van der Waals surface area contributed by atoms with Gasteiger partial charge in [-0.25, -0.2) is 0 Å². The number of alkyl halides is 2. The van der Waals surface area contributed by atoms with Gasteiger partial charge in [0.05, 0.1) is 0 Å². The summed E-state index contributed by atoms with van der Waals surface area (Å²) in [5, 5.41) is 2.53. The van der Waals surface area contributed by atoms with Crippen LogP contribution < -0.4 is 0 Å². The molecule has 0 aliphatic carbocycles. The summed E-state index contributed by atoms with van der Waals surface area (Å²) < 4.78 is 1.10. The standard InChI is InChI=1S/C16H14Br3Cl/c17-10-16(11-18,14-3-1-2-4-15(14)20)9-12-5-7-13(19)8-6-12/h1-8H,9-11H2. The fourth-order valence-corrected chi connectivity index (χ4v) is 4.78. The minimum absolute atomic E-state index is 0.0494. The Balaban J connectivity index is 2.39. The number of benzene rings is 2. The van der Waals surface area contributed by atoms with Gasteiger partial charge in [-0.15, -0.1) is 0 Å². The summed E-state index contributed by atoms with van der Waals surface area (Å²) >= 11 is 17.2. The minimum Gasteiger partial charge on any atom is -0.0918 e. The Morgan fingerprint density at radius 1 is 0.900 bits per heavy atom. The summed E-state index contributed by atoms with van der Waals surface area (Å²) in [7, 11) is 0. The Morgan fingerprint density at radius 3 is 2.05 bits per heavy atom. The molecule has 0 atom stereocenters. The van der Waals surface area contributed by atoms with Crippen molar-refractivity contribution in [1.29, 1.82) is 0 Å². The maximum Gasteiger partial charge on any atom is 0.0444 e. The quantitative estimate of drug-likeness (QED) is 0.435. The first kappa shape index (κ1) is 16.5. The van der Waals surface area contributed by atoms with Crippen molar-refractivity contribution >= 4 is 59.4 Å². The van der Waals surface area contributed by atoms with Crippen molar-refractivity contribution in [3.05, 3.63) is 69.2 Å². The molecule has 2 rings (SSSR count). The van der Waals surface area contributed by atoms with Gasteiger partial charge < -0.3 is 0 Å². The highest BCUT2D eigenvalue weighted by atomic mass is 79.9. The number of hydrogen-bond donors (Lipinski definition) is 0. The van der Waals surface area contributed by atoms with Crippen LogP contribution in [0.1, 0.15) is 11.1 Å². The normalized spacial score (nSPS) is 11.6. The zero-order chi connectivity index (χ0) is 14.6. The molecule has 2 aromatic rings. The average Bonchev–Trinajstić information content (AvgIpc) is 2.48. The Hall–Kier alpha value is 0.170. The van der Waals surface area contributed by atoms with Gasteiger partial charge in [-0.05, 0) is 35.7 Å². The predicted octanol–water partition coefficient (Wildman–Crippen LogP) is 6.37. The topological polar surface area (TPSA) is 0 Å². The number of hydrogen-bond acceptors (Lipinski definition) is 0. The molecule has 0 amide bonds. The lowest BCUT2D eigenvalue weighted by Crippen LogP contribution is -2.33. The second-order valence-corrected chi connectivity index (χ2v) is 7.28. The molecule has 106 valence electrons. The van der Waals surface area contributed by atoms with Gasteiger partial charge in [-0.1, -0.05) is 89.7 Å². The van der Waals surface area contributed by atoms with E-state index in [0.717, 1.165) is 26.6 Å². The van der Waals surface area contributed by atoms with Crippen molar-refractivity contribution in [3.8, 4) is 0 Å². The molecule has 0 aromatic heterocycles. The summed E-state index contributed by atoms with van der Waals surface area (Å²) in [6.45, 7) is 0. The van der Waals surface area contributed by atoms with E-state index in [-0.39, 0.29) is 5.41 Å². The zero-order valence-corrected chi connectivity index (χ0v) is 16.3. The Kier molecular flexibility index (Phi) is 6.15. The van der Waals surface area contributed by atoms with Crippen LogP contribution in [0, 0.1) is 0 Å². The highest BCUT2D eigenvalue weighted by Crippen LogP contribution is 2.37. The van der Waals surface area contributed by atoms with Gasteiger partial charge in [0.2, 0.25) is 0 Å². The van der Waals surface area contributed by atoms with Crippen LogP contribution in [0.5, 0.6) is 0 Å². The van der Waals surface area contributed by atoms with Crippen LogP contribution in [-0.2, 0) is 11.8 Å². The third kappa shape index (κ3) is 3.68. The lowest BCUT2D eigenvalue weighted by Gasteiger charge is -2.31. The first-order valence-corrected chi connectivity index (χ1v) is 9.64. The lowest BCUT2D eigenvalue weighted by atomic mass is 9.79. The van der Waals surface area contributed by atoms with E-state index in [9.17, 15) is 0 Å². The van der Waals surface area contributed by atoms with Crippen molar-refractivity contribution in [1.82, 2.24) is 0 Å². The van der Waals surface area contributed by atoms with Crippen LogP contribution in [0.3, 0.4) is 0 Å². The highest BCUT2D eigenvalue weighted by Gasteiger charge is 2.32. The summed E-state index contributed by atoms with van der Waals surface area (Å²) in [6.07, 6.45) is 0.931. The molecule has 0 aliphatic heterocycles. The van der Waals surface area contributed by atoms with Gasteiger partial charge in [0.15, 0.2) is 0 Å². The third-order valence-electron chi connectivity index (χ3n) is 3.41. The van der Waals surface area contributed by atoms with E-state index in [4.69, 9.17) is 11.6 Å². The Labute approximate surface area is 150 Å². The fourth-order valence-electron chi connectivity index (χ4n) is 2.25. The monoisotopic (exact) mass is 478 g/mol. The van der Waals surface area contributed by atoms with Crippen molar-refractivity contribution in [2.45, 2.75) is 11.8 Å². The molecule has 0 nitrogen and oxygen atoms in total. The van der Waals surface area contributed by atoms with Crippen LogP contribution in [0.25, 0.3) is 0 Å². The summed E-state index contributed by atoms with van der Waals surface area (Å²) in [4.78, 5) is 0. The molecule has 0 spiro atoms. The van der Waals surface area contributed by atoms with E-state index in [1.165, 1.54) is 11.1 Å². The SMILES string of the molecule is Clc1ccccc1C(CBr)(CBr)Cc1ccc(Br)cc1. The van der Waals surface area contributed by atoms with Crippen molar-refractivity contribution in [2.24, 2.45) is 0 Å². The third-order valence-corrected chi connectivity index (χ3v) is 6.42. The van der Waals surface area contributed by atoms with Gasteiger partial charge in [0.25, 0.3) is 0 Å². The second-order valence-electron chi connectivity index (χ2n) is 4.83. The molecule has 0 fully saturated rings. The second kappa shape index (κ2) is 7.44. The smallest absolute Gasteiger partial charge is 0.0444 e. The molecule has 0 heterocycles. The Morgan fingerprint density at radius 2 is 1.50 bits per heavy atom. The molecule has 0 bridgehead atoms. The van der Waals surface area contributed by atoms with E-state index in [0.29, 0.717) is 0 Å². The summed E-state index contributed by atoms with van der Waals surface area (Å²) in [5.74, 6) is 0. The molecule has 0 radical (unpaired) electrons. The zero-order valence-electron chi connectivity index (χ0n) is 10.8. The maximum atomic E-state index is 6.41. The Bertz CT molecular complexity index is 562. The van der Waals surface area contributed by atoms with Crippen LogP contribution >= 0.6 is 59.4 Å². The minimum atomic E-state index is -0.0494. The molecule has 2 aromatic carbocycles. The molecular formula is C16H14Br3Cl. The molecule has 0 unspecified atom stereocenters. The first-order chi connectivity index (χ1) is 9.61. The van der Waals surface area contributed by atoms with Crippen LogP contribution in [0.4, 0.5) is 0 Å². The molecule has 0 aliphatic rings. The van der Waals surface area contributed by atoms with Gasteiger partial charge in [0.1, 0.15) is 0 Å². The van der Waals surface area contributed by atoms with Crippen molar-refractivity contribution in [2.75, 3.05) is 10.7 Å². The van der Waals surface area contributed by atoms with E-state index in [2.05, 4.69) is 78.1 Å². The van der Waals surface area contributed by atoms with E-state index < -0.39 is 0 Å². The molecule has 4 heteroatoms. The van der Waals surface area contributed by atoms with Crippen molar-refractivity contribution in [3.63, 3.8) is 0 Å². The van der Waals surface area contributed by atoms with E-state index >= 15 is 0 Å². The number of rotatable bonds is 5. The summed E-state index contributed by atoms with van der Waals surface area (Å²) in [5.41, 5.74) is 2.43. The van der Waals surface area contributed by atoms with Gasteiger partial charge >= 0.3 is 0 Å². The van der Waals surface area contributed by atoms with Gasteiger partial charge in [-0.2, -0.15) is 0 Å². The molecular weight excluding hydrogens is 467 g/mol. The highest BCUT2D eigenvalue weighted by molar-refractivity contribution is 9.10. The van der Waals surface area contributed by atoms with Crippen LogP contribution in [-0.4, -0.2) is 10.7 Å². The molecule has 0 saturated heterocycles. The van der Waals surface area contributed by atoms with Gasteiger partial charge in [0, 0.05) is 25.6 Å². The number of halogens is 4. The van der Waals surface area contributed by atoms with Crippen molar-refractivity contribution < 1.29 is 0 Å². The van der Waals surface area contributed by atoms with Crippen LogP contribution in [0.2, 0.25) is 5.02 Å². The lowest BCUT2D eigenvalue weighted by molar-refractivity contribution is 0.551. The fraction of sp³-hybridized carbons (Fsp3) is 0.250. The maximum absolute atomic E-state index is 6.41. The molecule has 20 heavy (non-hydrogen) atoms. The average molecular weight is 481 g/mol. The van der Waals surface area contributed by atoms with Crippen LogP contribution in [0.15, 0.2) is 53.0 Å². The van der Waals surface area contributed by atoms with E-state index in [1.807, 2.05) is 18.2 Å². The summed E-state index contributed by atoms with van der Waals surface area (Å²) in [6, 6.07) is 16.6. The van der Waals surface area contributed by atoms with Gasteiger partial charge in [-0.3, -0.25) is 0 Å². The molecule has 0 N–H and O–H groups in total. The van der Waals surface area contributed by atoms with E-state index in [1.54, 1.807) is 0 Å². The predicted molar refractivity (Wildman–Crippen MR) is 98.6 cm³/mol. The largest absolute Gasteiger partial charge is 0.0918 e. The molecule has 0 saturated carbocycles.